The molecule has 4 saturated carbocycles. The fourth-order valence-electron chi connectivity index (χ4n) is 9.16. The van der Waals surface area contributed by atoms with Crippen molar-refractivity contribution in [1.29, 1.82) is 0 Å². The summed E-state index contributed by atoms with van der Waals surface area (Å²) in [6.07, 6.45) is 11.8. The van der Waals surface area contributed by atoms with E-state index in [1.165, 1.54) is 44.9 Å². The van der Waals surface area contributed by atoms with Crippen LogP contribution in [0.15, 0.2) is 0 Å². The Morgan fingerprint density at radius 3 is 2.32 bits per heavy atom. The molecule has 1 N–H and O–H groups in total. The molecule has 0 amide bonds. The van der Waals surface area contributed by atoms with Crippen molar-refractivity contribution in [2.24, 2.45) is 29.6 Å². The van der Waals surface area contributed by atoms with Gasteiger partial charge >= 0.3 is 0 Å². The van der Waals surface area contributed by atoms with Crippen molar-refractivity contribution < 1.29 is 23.8 Å². The van der Waals surface area contributed by atoms with Crippen LogP contribution < -0.4 is 5.43 Å². The second-order valence-corrected chi connectivity index (χ2v) is 13.4. The predicted molar refractivity (Wildman–Crippen MR) is 140 cm³/mol. The molecule has 6 aliphatic rings. The summed E-state index contributed by atoms with van der Waals surface area (Å²) in [4.78, 5) is 27.6. The first-order chi connectivity index (χ1) is 17.9. The number of ether oxygens (including phenoxy) is 3. The van der Waals surface area contributed by atoms with Crippen molar-refractivity contribution in [3.63, 3.8) is 0 Å². The van der Waals surface area contributed by atoms with E-state index in [0.29, 0.717) is 25.4 Å². The first kappa shape index (κ1) is 26.6. The van der Waals surface area contributed by atoms with E-state index >= 15 is 0 Å². The summed E-state index contributed by atoms with van der Waals surface area (Å²) in [6, 6.07) is 0.0648. The molecule has 9 atom stereocenters. The van der Waals surface area contributed by atoms with E-state index in [4.69, 9.17) is 25.8 Å². The number of fused-ring (bicyclic) bond motifs is 3. The Kier molecular flexibility index (Phi) is 7.52. The van der Waals surface area contributed by atoms with Gasteiger partial charge in [0, 0.05) is 45.6 Å². The molecule has 0 aromatic heterocycles. The number of nitrogens with zero attached hydrogens (tertiary/aromatic N) is 1. The number of hydrogen-bond donors (Lipinski definition) is 1. The number of halogens is 1. The number of rotatable bonds is 4. The Hall–Kier alpha value is -0.570. The Morgan fingerprint density at radius 2 is 1.65 bits per heavy atom. The smallest absolute Gasteiger partial charge is 0.174 e. The lowest BCUT2D eigenvalue weighted by molar-refractivity contribution is -0.164. The molecule has 8 heteroatoms. The maximum Gasteiger partial charge on any atom is 0.174 e. The van der Waals surface area contributed by atoms with Crippen molar-refractivity contribution >= 4 is 23.2 Å². The lowest BCUT2D eigenvalue weighted by Gasteiger charge is -2.45. The molecule has 6 rings (SSSR count). The van der Waals surface area contributed by atoms with Crippen molar-refractivity contribution in [3.8, 4) is 0 Å². The summed E-state index contributed by atoms with van der Waals surface area (Å²) in [5.41, 5.74) is 2.65. The number of Topliss-reactive ketones (excluding diaryl/α,β-unsaturated/α-hetero) is 2. The normalized spacial score (nSPS) is 49.4. The number of hydrazine groups is 1. The lowest BCUT2D eigenvalue weighted by atomic mass is 9.64. The zero-order valence-electron chi connectivity index (χ0n) is 22.7. The van der Waals surface area contributed by atoms with Gasteiger partial charge in [-0.1, -0.05) is 39.0 Å². The molecule has 37 heavy (non-hydrogen) atoms. The van der Waals surface area contributed by atoms with Crippen molar-refractivity contribution in [2.75, 3.05) is 20.8 Å². The molecule has 0 aromatic carbocycles. The molecule has 4 aliphatic carbocycles. The monoisotopic (exact) mass is 536 g/mol. The van der Waals surface area contributed by atoms with E-state index < -0.39 is 23.0 Å². The predicted octanol–water partition coefficient (Wildman–Crippen LogP) is 3.90. The fourth-order valence-corrected chi connectivity index (χ4v) is 9.57. The minimum Gasteiger partial charge on any atom is -0.380 e. The Morgan fingerprint density at radius 1 is 0.973 bits per heavy atom. The Labute approximate surface area is 226 Å². The van der Waals surface area contributed by atoms with Gasteiger partial charge in [-0.05, 0) is 37.5 Å². The molecule has 0 radical (unpaired) electrons. The van der Waals surface area contributed by atoms with Gasteiger partial charge in [0.2, 0.25) is 0 Å². The maximum atomic E-state index is 14.3. The number of carbonyl (C=O) groups is 2. The fraction of sp³-hybridized carbons (Fsp3) is 0.931. The van der Waals surface area contributed by atoms with Crippen molar-refractivity contribution in [2.45, 2.75) is 119 Å². The number of carbonyl (C=O) groups excluding carboxylic acids is 2. The summed E-state index contributed by atoms with van der Waals surface area (Å²) in [7, 11) is 3.30. The molecule has 7 unspecified atom stereocenters. The molecule has 2 aliphatic heterocycles. The minimum absolute atomic E-state index is 0.0647. The number of alkyl halides is 1. The summed E-state index contributed by atoms with van der Waals surface area (Å²) < 4.78 is 18.3. The molecule has 7 nitrogen and oxygen atoms in total. The highest BCUT2D eigenvalue weighted by molar-refractivity contribution is 6.22. The first-order valence-electron chi connectivity index (χ1n) is 14.9. The summed E-state index contributed by atoms with van der Waals surface area (Å²) in [5.74, 6) is 1.21. The van der Waals surface area contributed by atoms with Crippen molar-refractivity contribution in [3.05, 3.63) is 0 Å². The third-order valence-electron chi connectivity index (χ3n) is 11.2. The van der Waals surface area contributed by atoms with Crippen LogP contribution in [-0.2, 0) is 23.8 Å². The van der Waals surface area contributed by atoms with E-state index in [-0.39, 0.29) is 41.7 Å². The van der Waals surface area contributed by atoms with Crippen LogP contribution in [-0.4, -0.2) is 78.7 Å². The van der Waals surface area contributed by atoms with E-state index in [0.717, 1.165) is 24.7 Å². The van der Waals surface area contributed by atoms with E-state index in [1.54, 1.807) is 14.2 Å². The van der Waals surface area contributed by atoms with Crippen molar-refractivity contribution in [1.82, 2.24) is 10.4 Å². The molecule has 208 valence electrons. The zero-order valence-corrected chi connectivity index (χ0v) is 23.5. The quantitative estimate of drug-likeness (QED) is 0.546. The average Bonchev–Trinajstić information content (AvgIpc) is 3.51. The van der Waals surface area contributed by atoms with Crippen LogP contribution in [0.4, 0.5) is 0 Å². The standard InChI is InChI=1S/C29H45ClN2O5/c1-16-13-21(33)20-15-32(19-11-9-18(10-12-19)17-7-5-4-6-8-17)31-27(20)29(16)28(34)24-22(35-2)14-23(36-3)25(30)26(24)37-29/h16-20,22-27,31H,4-15H2,1-3H3/t16-,18?,19?,20?,22?,23?,24?,25?,26?,27?,29+/m1/s1. The Bertz CT molecular complexity index is 874. The van der Waals surface area contributed by atoms with Gasteiger partial charge in [-0.3, -0.25) is 9.59 Å². The van der Waals surface area contributed by atoms with Gasteiger partial charge < -0.3 is 14.2 Å². The van der Waals surface area contributed by atoms with E-state index in [9.17, 15) is 9.59 Å². The van der Waals surface area contributed by atoms with Crippen LogP contribution in [0.2, 0.25) is 0 Å². The number of hydrogen-bond acceptors (Lipinski definition) is 7. The summed E-state index contributed by atoms with van der Waals surface area (Å²) in [5, 5.41) is 1.88. The number of ketones is 2. The summed E-state index contributed by atoms with van der Waals surface area (Å²) in [6.45, 7) is 2.67. The highest BCUT2D eigenvalue weighted by Gasteiger charge is 2.70. The zero-order chi connectivity index (χ0) is 25.9. The number of nitrogens with one attached hydrogen (secondary N) is 1. The summed E-state index contributed by atoms with van der Waals surface area (Å²) >= 11 is 6.87. The second kappa shape index (κ2) is 10.4. The van der Waals surface area contributed by atoms with E-state index in [2.05, 4.69) is 10.4 Å². The van der Waals surface area contributed by atoms with Gasteiger partial charge in [-0.15, -0.1) is 11.6 Å². The van der Waals surface area contributed by atoms with Crippen LogP contribution in [0.1, 0.15) is 77.6 Å². The Balaban J connectivity index is 1.21. The highest BCUT2D eigenvalue weighted by atomic mass is 35.5. The van der Waals surface area contributed by atoms with Gasteiger partial charge in [0.25, 0.3) is 0 Å². The third-order valence-corrected chi connectivity index (χ3v) is 11.8. The highest BCUT2D eigenvalue weighted by Crippen LogP contribution is 2.53. The van der Waals surface area contributed by atoms with Crippen LogP contribution in [0.25, 0.3) is 0 Å². The second-order valence-electron chi connectivity index (χ2n) is 12.9. The minimum atomic E-state index is -1.06. The molecular formula is C29H45ClN2O5. The molecule has 2 heterocycles. The molecule has 1 spiro atoms. The molecule has 0 bridgehead atoms. The van der Waals surface area contributed by atoms with Crippen LogP contribution in [0.3, 0.4) is 0 Å². The van der Waals surface area contributed by atoms with Gasteiger partial charge in [0.15, 0.2) is 5.78 Å². The van der Waals surface area contributed by atoms with Gasteiger partial charge in [-0.2, -0.15) is 0 Å². The van der Waals surface area contributed by atoms with Crippen LogP contribution in [0, 0.1) is 29.6 Å². The molecular weight excluding hydrogens is 492 g/mol. The topological polar surface area (TPSA) is 77.1 Å². The van der Waals surface area contributed by atoms with Gasteiger partial charge in [0.1, 0.15) is 11.4 Å². The van der Waals surface area contributed by atoms with Gasteiger partial charge in [0.05, 0.1) is 41.6 Å². The lowest BCUT2D eigenvalue weighted by Crippen LogP contribution is -2.65. The average molecular weight is 537 g/mol. The van der Waals surface area contributed by atoms with Crippen LogP contribution >= 0.6 is 11.6 Å². The largest absolute Gasteiger partial charge is 0.380 e. The number of methoxy groups -OCH3 is 2. The maximum absolute atomic E-state index is 14.3. The van der Waals surface area contributed by atoms with Gasteiger partial charge in [-0.25, -0.2) is 10.4 Å². The SMILES string of the molecule is COC1CC(OC)C2C(=O)[C@@]3(OC2C1Cl)C1NN(C2CCC(C4CCCCC4)CC2)CC1C(=O)C[C@H]3C. The first-order valence-corrected chi connectivity index (χ1v) is 15.3. The molecule has 2 saturated heterocycles. The third kappa shape index (κ3) is 4.26. The van der Waals surface area contributed by atoms with E-state index in [1.807, 2.05) is 6.92 Å². The molecule has 0 aromatic rings. The molecule has 6 fully saturated rings. The van der Waals surface area contributed by atoms with Crippen LogP contribution in [0.5, 0.6) is 0 Å².